The first kappa shape index (κ1) is 18.0. The van der Waals surface area contributed by atoms with Gasteiger partial charge in [0.1, 0.15) is 11.3 Å². The molecule has 0 spiro atoms. The third-order valence-corrected chi connectivity index (χ3v) is 4.27. The van der Waals surface area contributed by atoms with Gasteiger partial charge in [0, 0.05) is 15.4 Å². The van der Waals surface area contributed by atoms with E-state index in [1.54, 1.807) is 19.1 Å². The molecule has 26 heavy (non-hydrogen) atoms. The van der Waals surface area contributed by atoms with E-state index in [2.05, 4.69) is 26.8 Å². The number of aryl methyl sites for hydroxylation is 2. The minimum atomic E-state index is -0.529. The smallest absolute Gasteiger partial charge is 0.305 e. The first-order valence-electron chi connectivity index (χ1n) is 7.91. The van der Waals surface area contributed by atoms with E-state index in [-0.39, 0.29) is 12.4 Å². The van der Waals surface area contributed by atoms with Crippen LogP contribution in [-0.4, -0.2) is 18.4 Å². The van der Waals surface area contributed by atoms with Crippen molar-refractivity contribution in [2.24, 2.45) is 0 Å². The summed E-state index contributed by atoms with van der Waals surface area (Å²) in [5.74, 6) is -0.265. The second-order valence-corrected chi connectivity index (χ2v) is 6.72. The number of furan rings is 1. The number of halogens is 1. The van der Waals surface area contributed by atoms with Crippen molar-refractivity contribution in [2.45, 2.75) is 13.8 Å². The van der Waals surface area contributed by atoms with Gasteiger partial charge >= 0.3 is 5.91 Å². The lowest BCUT2D eigenvalue weighted by Crippen LogP contribution is -2.43. The maximum Gasteiger partial charge on any atom is 0.305 e. The highest BCUT2D eigenvalue weighted by atomic mass is 79.9. The van der Waals surface area contributed by atoms with Crippen molar-refractivity contribution in [3.8, 4) is 5.75 Å². The van der Waals surface area contributed by atoms with E-state index in [9.17, 15) is 9.59 Å². The molecule has 3 aromatic rings. The van der Waals surface area contributed by atoms with Crippen LogP contribution in [0.5, 0.6) is 5.75 Å². The molecule has 7 heteroatoms. The molecule has 0 bridgehead atoms. The van der Waals surface area contributed by atoms with Crippen molar-refractivity contribution in [1.82, 2.24) is 10.9 Å². The number of amides is 2. The summed E-state index contributed by atoms with van der Waals surface area (Å²) in [7, 11) is 0. The number of hydrogen-bond acceptors (Lipinski definition) is 4. The molecule has 3 rings (SSSR count). The van der Waals surface area contributed by atoms with Crippen LogP contribution in [0.1, 0.15) is 21.7 Å². The molecule has 0 saturated heterocycles. The van der Waals surface area contributed by atoms with E-state index in [4.69, 9.17) is 9.15 Å². The summed E-state index contributed by atoms with van der Waals surface area (Å²) in [6.07, 6.45) is 0. The summed E-state index contributed by atoms with van der Waals surface area (Å²) in [5.41, 5.74) is 6.99. The lowest BCUT2D eigenvalue weighted by molar-refractivity contribution is -0.123. The lowest BCUT2D eigenvalue weighted by atomic mass is 10.1. The average Bonchev–Trinajstić information content (AvgIpc) is 2.94. The molecule has 0 fully saturated rings. The van der Waals surface area contributed by atoms with Gasteiger partial charge in [0.25, 0.3) is 5.91 Å². The molecule has 2 amide bonds. The van der Waals surface area contributed by atoms with Gasteiger partial charge in [0.05, 0.1) is 0 Å². The number of carbonyl (C=O) groups is 2. The zero-order valence-corrected chi connectivity index (χ0v) is 15.8. The van der Waals surface area contributed by atoms with Crippen LogP contribution < -0.4 is 15.6 Å². The van der Waals surface area contributed by atoms with Gasteiger partial charge in [-0.3, -0.25) is 20.4 Å². The van der Waals surface area contributed by atoms with Crippen molar-refractivity contribution in [3.63, 3.8) is 0 Å². The van der Waals surface area contributed by atoms with Crippen LogP contribution in [0.2, 0.25) is 0 Å². The van der Waals surface area contributed by atoms with Crippen LogP contribution in [0.3, 0.4) is 0 Å². The Bertz CT molecular complexity index is 981. The molecule has 0 saturated carbocycles. The first-order valence-corrected chi connectivity index (χ1v) is 8.70. The van der Waals surface area contributed by atoms with Crippen LogP contribution in [0, 0.1) is 13.8 Å². The van der Waals surface area contributed by atoms with Crippen molar-refractivity contribution >= 4 is 38.7 Å². The molecule has 0 unspecified atom stereocenters. The van der Waals surface area contributed by atoms with Gasteiger partial charge < -0.3 is 9.15 Å². The van der Waals surface area contributed by atoms with Crippen molar-refractivity contribution in [1.29, 1.82) is 0 Å². The molecule has 0 aliphatic carbocycles. The standard InChI is InChI=1S/C19H17BrN2O4/c1-11-4-3-5-14(8-11)25-10-17(23)21-22-19(24)18-12(2)15-9-13(20)6-7-16(15)26-18/h3-9H,10H2,1-2H3,(H,21,23)(H,22,24). The normalized spacial score (nSPS) is 10.6. The fourth-order valence-corrected chi connectivity index (χ4v) is 2.84. The Hall–Kier alpha value is -2.80. The Morgan fingerprint density at radius 3 is 2.69 bits per heavy atom. The average molecular weight is 417 g/mol. The number of hydrazine groups is 1. The molecule has 1 aromatic heterocycles. The van der Waals surface area contributed by atoms with E-state index in [1.807, 2.05) is 37.3 Å². The Kier molecular flexibility index (Phi) is 5.27. The van der Waals surface area contributed by atoms with E-state index >= 15 is 0 Å². The van der Waals surface area contributed by atoms with Crippen molar-refractivity contribution in [3.05, 3.63) is 63.8 Å². The molecular weight excluding hydrogens is 400 g/mol. The zero-order valence-electron chi connectivity index (χ0n) is 14.3. The van der Waals surface area contributed by atoms with Gasteiger partial charge in [-0.05, 0) is 49.7 Å². The van der Waals surface area contributed by atoms with E-state index in [0.29, 0.717) is 16.9 Å². The fourth-order valence-electron chi connectivity index (χ4n) is 2.48. The van der Waals surface area contributed by atoms with Gasteiger partial charge in [0.15, 0.2) is 12.4 Å². The van der Waals surface area contributed by atoms with Gasteiger partial charge in [-0.2, -0.15) is 0 Å². The molecule has 0 aliphatic rings. The van der Waals surface area contributed by atoms with Crippen LogP contribution in [0.25, 0.3) is 11.0 Å². The Labute approximate surface area is 158 Å². The van der Waals surface area contributed by atoms with Crippen LogP contribution >= 0.6 is 15.9 Å². The highest BCUT2D eigenvalue weighted by Crippen LogP contribution is 2.27. The maximum atomic E-state index is 12.3. The number of hydrogen-bond donors (Lipinski definition) is 2. The summed E-state index contributed by atoms with van der Waals surface area (Å²) < 4.78 is 11.8. The monoisotopic (exact) mass is 416 g/mol. The van der Waals surface area contributed by atoms with Crippen molar-refractivity contribution in [2.75, 3.05) is 6.61 Å². The lowest BCUT2D eigenvalue weighted by Gasteiger charge is -2.08. The number of benzene rings is 2. The maximum absolute atomic E-state index is 12.3. The number of nitrogens with one attached hydrogen (secondary N) is 2. The van der Waals surface area contributed by atoms with Crippen LogP contribution in [-0.2, 0) is 4.79 Å². The molecule has 134 valence electrons. The van der Waals surface area contributed by atoms with E-state index in [0.717, 1.165) is 15.4 Å². The zero-order chi connectivity index (χ0) is 18.7. The Morgan fingerprint density at radius 1 is 1.12 bits per heavy atom. The summed E-state index contributed by atoms with van der Waals surface area (Å²) >= 11 is 3.39. The molecule has 2 N–H and O–H groups in total. The highest BCUT2D eigenvalue weighted by Gasteiger charge is 2.18. The summed E-state index contributed by atoms with van der Waals surface area (Å²) in [6, 6.07) is 12.8. The molecule has 2 aromatic carbocycles. The Morgan fingerprint density at radius 2 is 1.92 bits per heavy atom. The van der Waals surface area contributed by atoms with Crippen LogP contribution in [0.4, 0.5) is 0 Å². The topological polar surface area (TPSA) is 80.6 Å². The molecule has 6 nitrogen and oxygen atoms in total. The quantitative estimate of drug-likeness (QED) is 0.636. The predicted octanol–water partition coefficient (Wildman–Crippen LogP) is 3.65. The van der Waals surface area contributed by atoms with Gasteiger partial charge in [-0.1, -0.05) is 28.1 Å². The highest BCUT2D eigenvalue weighted by molar-refractivity contribution is 9.10. The number of rotatable bonds is 4. The third kappa shape index (κ3) is 4.05. The molecular formula is C19H17BrN2O4. The van der Waals surface area contributed by atoms with Gasteiger partial charge in [-0.15, -0.1) is 0 Å². The number of carbonyl (C=O) groups excluding carboxylic acids is 2. The number of fused-ring (bicyclic) bond motifs is 1. The molecule has 0 atom stereocenters. The number of ether oxygens (including phenoxy) is 1. The molecule has 0 radical (unpaired) electrons. The second kappa shape index (κ2) is 7.61. The molecule has 1 heterocycles. The van der Waals surface area contributed by atoms with E-state index < -0.39 is 11.8 Å². The van der Waals surface area contributed by atoms with Crippen LogP contribution in [0.15, 0.2) is 51.4 Å². The minimum Gasteiger partial charge on any atom is -0.484 e. The second-order valence-electron chi connectivity index (χ2n) is 5.80. The first-order chi connectivity index (χ1) is 12.4. The summed E-state index contributed by atoms with van der Waals surface area (Å²) in [6.45, 7) is 3.51. The van der Waals surface area contributed by atoms with Gasteiger partial charge in [-0.25, -0.2) is 0 Å². The third-order valence-electron chi connectivity index (χ3n) is 3.78. The molecule has 0 aliphatic heterocycles. The fraction of sp³-hybridized carbons (Fsp3) is 0.158. The van der Waals surface area contributed by atoms with E-state index in [1.165, 1.54) is 0 Å². The Balaban J connectivity index is 1.58. The summed E-state index contributed by atoms with van der Waals surface area (Å²) in [5, 5.41) is 0.832. The minimum absolute atomic E-state index is 0.151. The summed E-state index contributed by atoms with van der Waals surface area (Å²) in [4.78, 5) is 24.1. The SMILES string of the molecule is Cc1cccc(OCC(=O)NNC(=O)c2oc3ccc(Br)cc3c2C)c1. The predicted molar refractivity (Wildman–Crippen MR) is 101 cm³/mol. The van der Waals surface area contributed by atoms with Gasteiger partial charge in [0.2, 0.25) is 0 Å². The largest absolute Gasteiger partial charge is 0.484 e. The van der Waals surface area contributed by atoms with Crippen molar-refractivity contribution < 1.29 is 18.7 Å².